The molecule has 2 rings (SSSR count). The smallest absolute Gasteiger partial charge is 0.222 e. The molecule has 0 aliphatic heterocycles. The summed E-state index contributed by atoms with van der Waals surface area (Å²) in [7, 11) is 3.46. The summed E-state index contributed by atoms with van der Waals surface area (Å²) >= 11 is 5.96. The Kier molecular flexibility index (Phi) is 5.84. The maximum Gasteiger partial charge on any atom is 0.222 e. The second-order valence-corrected chi connectivity index (χ2v) is 5.66. The van der Waals surface area contributed by atoms with Gasteiger partial charge in [-0.05, 0) is 41.8 Å². The Labute approximate surface area is 136 Å². The fourth-order valence-corrected chi connectivity index (χ4v) is 2.44. The van der Waals surface area contributed by atoms with Crippen molar-refractivity contribution in [2.24, 2.45) is 0 Å². The number of halogens is 1. The van der Waals surface area contributed by atoms with E-state index >= 15 is 0 Å². The second-order valence-electron chi connectivity index (χ2n) is 5.23. The van der Waals surface area contributed by atoms with Gasteiger partial charge in [0.25, 0.3) is 0 Å². The highest BCUT2D eigenvalue weighted by atomic mass is 35.5. The summed E-state index contributed by atoms with van der Waals surface area (Å²) in [6.07, 6.45) is 1.21. The first-order valence-electron chi connectivity index (χ1n) is 7.20. The van der Waals surface area contributed by atoms with Crippen LogP contribution in [0.4, 0.5) is 0 Å². The Morgan fingerprint density at radius 2 is 1.86 bits per heavy atom. The quantitative estimate of drug-likeness (QED) is 0.807. The Morgan fingerprint density at radius 3 is 2.50 bits per heavy atom. The van der Waals surface area contributed by atoms with Crippen LogP contribution in [0.5, 0.6) is 5.75 Å². The van der Waals surface area contributed by atoms with Crippen LogP contribution in [0.15, 0.2) is 48.5 Å². The van der Waals surface area contributed by atoms with Gasteiger partial charge in [0.05, 0.1) is 7.11 Å². The summed E-state index contributed by atoms with van der Waals surface area (Å²) in [5.41, 5.74) is 2.16. The number of methoxy groups -OCH3 is 1. The minimum absolute atomic E-state index is 0.121. The van der Waals surface area contributed by atoms with Crippen molar-refractivity contribution in [1.82, 2.24) is 4.90 Å². The SMILES string of the molecule is COc1ccc(CCC(=O)N(C)Cc2cccc(Cl)c2)cc1. The average molecular weight is 318 g/mol. The number of hydrogen-bond acceptors (Lipinski definition) is 2. The van der Waals surface area contributed by atoms with E-state index in [9.17, 15) is 4.79 Å². The summed E-state index contributed by atoms with van der Waals surface area (Å²) in [6, 6.07) is 15.4. The van der Waals surface area contributed by atoms with Gasteiger partial charge in [-0.2, -0.15) is 0 Å². The lowest BCUT2D eigenvalue weighted by Crippen LogP contribution is -2.26. The van der Waals surface area contributed by atoms with Crippen LogP contribution in [-0.4, -0.2) is 25.0 Å². The van der Waals surface area contributed by atoms with Gasteiger partial charge in [0, 0.05) is 25.0 Å². The van der Waals surface area contributed by atoms with E-state index in [1.807, 2.05) is 55.6 Å². The van der Waals surface area contributed by atoms with Crippen molar-refractivity contribution < 1.29 is 9.53 Å². The number of nitrogens with zero attached hydrogens (tertiary/aromatic N) is 1. The number of hydrogen-bond donors (Lipinski definition) is 0. The molecule has 0 unspecified atom stereocenters. The first-order chi connectivity index (χ1) is 10.6. The van der Waals surface area contributed by atoms with E-state index in [1.165, 1.54) is 0 Å². The van der Waals surface area contributed by atoms with Crippen LogP contribution < -0.4 is 4.74 Å². The molecule has 2 aromatic carbocycles. The molecule has 0 saturated carbocycles. The molecule has 0 fully saturated rings. The van der Waals surface area contributed by atoms with Crippen LogP contribution >= 0.6 is 11.6 Å². The zero-order valence-electron chi connectivity index (χ0n) is 12.9. The summed E-state index contributed by atoms with van der Waals surface area (Å²) < 4.78 is 5.12. The highest BCUT2D eigenvalue weighted by Crippen LogP contribution is 2.15. The molecule has 0 saturated heterocycles. The van der Waals surface area contributed by atoms with E-state index in [4.69, 9.17) is 16.3 Å². The lowest BCUT2D eigenvalue weighted by atomic mass is 10.1. The molecule has 1 amide bonds. The van der Waals surface area contributed by atoms with Gasteiger partial charge in [0.15, 0.2) is 0 Å². The van der Waals surface area contributed by atoms with Gasteiger partial charge in [-0.25, -0.2) is 0 Å². The van der Waals surface area contributed by atoms with Crippen LogP contribution in [0.25, 0.3) is 0 Å². The first-order valence-corrected chi connectivity index (χ1v) is 7.57. The van der Waals surface area contributed by atoms with E-state index in [1.54, 1.807) is 12.0 Å². The third-order valence-electron chi connectivity index (χ3n) is 3.52. The highest BCUT2D eigenvalue weighted by molar-refractivity contribution is 6.30. The molecule has 0 atom stereocenters. The number of aryl methyl sites for hydroxylation is 1. The standard InChI is InChI=1S/C18H20ClNO2/c1-20(13-15-4-3-5-16(19)12-15)18(21)11-8-14-6-9-17(22-2)10-7-14/h3-7,9-10,12H,8,11,13H2,1-2H3. The summed E-state index contributed by atoms with van der Waals surface area (Å²) in [6.45, 7) is 0.571. The Hall–Kier alpha value is -2.00. The summed E-state index contributed by atoms with van der Waals surface area (Å²) in [5, 5.41) is 0.691. The van der Waals surface area contributed by atoms with E-state index in [2.05, 4.69) is 0 Å². The average Bonchev–Trinajstić information content (AvgIpc) is 2.53. The third kappa shape index (κ3) is 4.78. The normalized spacial score (nSPS) is 10.3. The van der Waals surface area contributed by atoms with E-state index in [0.717, 1.165) is 23.3 Å². The number of carbonyl (C=O) groups excluding carboxylic acids is 1. The van der Waals surface area contributed by atoms with Crippen LogP contribution in [0.3, 0.4) is 0 Å². The Balaban J connectivity index is 1.85. The van der Waals surface area contributed by atoms with Gasteiger partial charge in [0.2, 0.25) is 5.91 Å². The number of carbonyl (C=O) groups is 1. The first kappa shape index (κ1) is 16.4. The molecule has 22 heavy (non-hydrogen) atoms. The maximum atomic E-state index is 12.2. The van der Waals surface area contributed by atoms with Crippen molar-refractivity contribution in [3.63, 3.8) is 0 Å². The highest BCUT2D eigenvalue weighted by Gasteiger charge is 2.09. The largest absolute Gasteiger partial charge is 0.497 e. The van der Waals surface area contributed by atoms with Crippen molar-refractivity contribution in [2.75, 3.05) is 14.2 Å². The predicted octanol–water partition coefficient (Wildman–Crippen LogP) is 3.94. The molecule has 2 aromatic rings. The summed E-state index contributed by atoms with van der Waals surface area (Å²) in [5.74, 6) is 0.948. The fourth-order valence-electron chi connectivity index (χ4n) is 2.23. The minimum atomic E-state index is 0.121. The minimum Gasteiger partial charge on any atom is -0.497 e. The van der Waals surface area contributed by atoms with Gasteiger partial charge in [0.1, 0.15) is 5.75 Å². The van der Waals surface area contributed by atoms with Gasteiger partial charge in [-0.3, -0.25) is 4.79 Å². The fraction of sp³-hybridized carbons (Fsp3) is 0.278. The van der Waals surface area contributed by atoms with Crippen LogP contribution in [0, 0.1) is 0 Å². The number of benzene rings is 2. The summed E-state index contributed by atoms with van der Waals surface area (Å²) in [4.78, 5) is 13.9. The van der Waals surface area contributed by atoms with Crippen molar-refractivity contribution in [2.45, 2.75) is 19.4 Å². The number of ether oxygens (including phenoxy) is 1. The Morgan fingerprint density at radius 1 is 1.14 bits per heavy atom. The molecule has 0 radical (unpaired) electrons. The number of rotatable bonds is 6. The molecule has 0 aliphatic rings. The zero-order valence-corrected chi connectivity index (χ0v) is 13.6. The monoisotopic (exact) mass is 317 g/mol. The van der Waals surface area contributed by atoms with Gasteiger partial charge >= 0.3 is 0 Å². The van der Waals surface area contributed by atoms with Gasteiger partial charge in [-0.1, -0.05) is 35.9 Å². The molecule has 0 aromatic heterocycles. The second kappa shape index (κ2) is 7.85. The van der Waals surface area contributed by atoms with Crippen LogP contribution in [0.2, 0.25) is 5.02 Å². The molecule has 0 bridgehead atoms. The zero-order chi connectivity index (χ0) is 15.9. The van der Waals surface area contributed by atoms with Crippen LogP contribution in [0.1, 0.15) is 17.5 Å². The van der Waals surface area contributed by atoms with Gasteiger partial charge in [-0.15, -0.1) is 0 Å². The van der Waals surface area contributed by atoms with Gasteiger partial charge < -0.3 is 9.64 Å². The molecule has 116 valence electrons. The Bertz CT molecular complexity index is 625. The number of amides is 1. The van der Waals surface area contributed by atoms with Crippen molar-refractivity contribution in [3.05, 3.63) is 64.7 Å². The molecular weight excluding hydrogens is 298 g/mol. The molecule has 0 heterocycles. The predicted molar refractivity (Wildman–Crippen MR) is 89.2 cm³/mol. The molecule has 0 spiro atoms. The van der Waals surface area contributed by atoms with Crippen molar-refractivity contribution in [3.8, 4) is 5.75 Å². The molecule has 4 heteroatoms. The molecule has 3 nitrogen and oxygen atoms in total. The molecular formula is C18H20ClNO2. The van der Waals surface area contributed by atoms with Crippen molar-refractivity contribution >= 4 is 17.5 Å². The third-order valence-corrected chi connectivity index (χ3v) is 3.76. The van der Waals surface area contributed by atoms with E-state index in [0.29, 0.717) is 18.0 Å². The van der Waals surface area contributed by atoms with E-state index < -0.39 is 0 Å². The molecule has 0 N–H and O–H groups in total. The topological polar surface area (TPSA) is 29.5 Å². The van der Waals surface area contributed by atoms with E-state index in [-0.39, 0.29) is 5.91 Å². The van der Waals surface area contributed by atoms with Crippen LogP contribution in [-0.2, 0) is 17.8 Å². The van der Waals surface area contributed by atoms with Crippen molar-refractivity contribution in [1.29, 1.82) is 0 Å². The molecule has 0 aliphatic carbocycles. The maximum absolute atomic E-state index is 12.2. The lowest BCUT2D eigenvalue weighted by Gasteiger charge is -2.17. The lowest BCUT2D eigenvalue weighted by molar-refractivity contribution is -0.130.